The van der Waals surface area contributed by atoms with Gasteiger partial charge in [0.05, 0.1) is 17.5 Å². The lowest BCUT2D eigenvalue weighted by Crippen LogP contribution is -2.42. The van der Waals surface area contributed by atoms with Gasteiger partial charge in [-0.3, -0.25) is 20.4 Å². The number of nitrogens with one attached hydrogen (secondary N) is 2. The van der Waals surface area contributed by atoms with Gasteiger partial charge < -0.3 is 5.11 Å². The van der Waals surface area contributed by atoms with Crippen LogP contribution >= 0.6 is 0 Å². The minimum atomic E-state index is -4.49. The molecule has 0 bridgehead atoms. The van der Waals surface area contributed by atoms with Gasteiger partial charge in [-0.05, 0) is 23.8 Å². The first-order chi connectivity index (χ1) is 11.3. The second kappa shape index (κ2) is 7.03. The summed E-state index contributed by atoms with van der Waals surface area (Å²) in [7, 11) is 0. The molecule has 0 fully saturated rings. The molecule has 0 unspecified atom stereocenters. The van der Waals surface area contributed by atoms with E-state index in [1.165, 1.54) is 36.4 Å². The Bertz CT molecular complexity index is 760. The lowest BCUT2D eigenvalue weighted by molar-refractivity contribution is -0.137. The minimum absolute atomic E-state index is 0.0446. The molecule has 0 spiro atoms. The van der Waals surface area contributed by atoms with Crippen LogP contribution in [0.5, 0.6) is 5.75 Å². The lowest BCUT2D eigenvalue weighted by Gasteiger charge is -2.10. The molecule has 0 saturated heterocycles. The summed E-state index contributed by atoms with van der Waals surface area (Å²) < 4.78 is 37.8. The van der Waals surface area contributed by atoms with Crippen LogP contribution in [0.3, 0.4) is 0 Å². The molecule has 2 rings (SSSR count). The van der Waals surface area contributed by atoms with Gasteiger partial charge in [0.1, 0.15) is 5.75 Å². The van der Waals surface area contributed by atoms with Crippen molar-refractivity contribution in [1.29, 1.82) is 0 Å². The van der Waals surface area contributed by atoms with Gasteiger partial charge in [-0.2, -0.15) is 13.2 Å². The number of phenolic OH excluding ortho intramolecular Hbond substituents is 1. The number of carbonyl (C=O) groups excluding carboxylic acids is 2. The number of amides is 2. The van der Waals surface area contributed by atoms with Crippen molar-refractivity contribution in [2.45, 2.75) is 12.6 Å². The van der Waals surface area contributed by atoms with Crippen LogP contribution in [-0.4, -0.2) is 16.9 Å². The van der Waals surface area contributed by atoms with Crippen molar-refractivity contribution in [3.8, 4) is 5.75 Å². The second-order valence-corrected chi connectivity index (χ2v) is 4.89. The smallest absolute Gasteiger partial charge is 0.416 e. The fourth-order valence-electron chi connectivity index (χ4n) is 1.95. The van der Waals surface area contributed by atoms with Crippen LogP contribution in [-0.2, 0) is 17.4 Å². The molecule has 0 atom stereocenters. The maximum Gasteiger partial charge on any atom is 0.416 e. The lowest BCUT2D eigenvalue weighted by atomic mass is 10.1. The van der Waals surface area contributed by atoms with Gasteiger partial charge in [-0.15, -0.1) is 0 Å². The van der Waals surface area contributed by atoms with Crippen molar-refractivity contribution in [3.05, 3.63) is 65.2 Å². The number of benzene rings is 2. The zero-order valence-electron chi connectivity index (χ0n) is 12.2. The molecule has 3 N–H and O–H groups in total. The van der Waals surface area contributed by atoms with Crippen LogP contribution in [0, 0.1) is 0 Å². The molecule has 8 heteroatoms. The van der Waals surface area contributed by atoms with Gasteiger partial charge in [0.25, 0.3) is 5.91 Å². The Morgan fingerprint density at radius 2 is 1.71 bits per heavy atom. The van der Waals surface area contributed by atoms with Crippen LogP contribution in [0.4, 0.5) is 13.2 Å². The monoisotopic (exact) mass is 338 g/mol. The molecule has 0 aliphatic carbocycles. The molecule has 24 heavy (non-hydrogen) atoms. The number of hydrazine groups is 1. The normalized spacial score (nSPS) is 11.0. The molecule has 2 aromatic carbocycles. The molecule has 126 valence electrons. The number of aromatic hydroxyl groups is 1. The molecule has 0 heterocycles. The van der Waals surface area contributed by atoms with Crippen molar-refractivity contribution in [1.82, 2.24) is 10.9 Å². The first kappa shape index (κ1) is 17.3. The molecule has 2 amide bonds. The quantitative estimate of drug-likeness (QED) is 0.752. The largest absolute Gasteiger partial charge is 0.507 e. The van der Waals surface area contributed by atoms with E-state index in [0.717, 1.165) is 12.1 Å². The highest BCUT2D eigenvalue weighted by Crippen LogP contribution is 2.29. The van der Waals surface area contributed by atoms with Gasteiger partial charge in [-0.1, -0.05) is 30.3 Å². The van der Waals surface area contributed by atoms with Gasteiger partial charge in [0.2, 0.25) is 5.91 Å². The van der Waals surface area contributed by atoms with Crippen LogP contribution in [0.25, 0.3) is 0 Å². The van der Waals surface area contributed by atoms with E-state index >= 15 is 0 Å². The van der Waals surface area contributed by atoms with Crippen molar-refractivity contribution in [2.24, 2.45) is 0 Å². The van der Waals surface area contributed by atoms with E-state index in [1.807, 2.05) is 0 Å². The van der Waals surface area contributed by atoms with E-state index in [9.17, 15) is 27.9 Å². The number of hydrogen-bond acceptors (Lipinski definition) is 3. The summed E-state index contributed by atoms with van der Waals surface area (Å²) in [5, 5.41) is 9.51. The summed E-state index contributed by atoms with van der Waals surface area (Å²) in [4.78, 5) is 23.5. The average Bonchev–Trinajstić information content (AvgIpc) is 2.52. The first-order valence-electron chi connectivity index (χ1n) is 6.80. The highest BCUT2D eigenvalue weighted by Gasteiger charge is 2.30. The maximum atomic E-state index is 12.6. The van der Waals surface area contributed by atoms with E-state index in [1.54, 1.807) is 0 Å². The summed E-state index contributed by atoms with van der Waals surface area (Å²) in [5.74, 6) is -1.70. The maximum absolute atomic E-state index is 12.6. The van der Waals surface area contributed by atoms with E-state index < -0.39 is 23.6 Å². The van der Waals surface area contributed by atoms with Gasteiger partial charge in [0, 0.05) is 0 Å². The van der Waals surface area contributed by atoms with Crippen LogP contribution in [0.1, 0.15) is 21.5 Å². The zero-order chi connectivity index (χ0) is 17.7. The van der Waals surface area contributed by atoms with Crippen molar-refractivity contribution in [2.75, 3.05) is 0 Å². The number of rotatable bonds is 3. The predicted octanol–water partition coefficient (Wildman–Crippen LogP) is 2.41. The Hall–Kier alpha value is -3.03. The number of hydrogen-bond donors (Lipinski definition) is 3. The Morgan fingerprint density at radius 1 is 1.00 bits per heavy atom. The van der Waals surface area contributed by atoms with Crippen molar-refractivity contribution < 1.29 is 27.9 Å². The number of phenols is 1. The third kappa shape index (κ3) is 4.48. The van der Waals surface area contributed by atoms with E-state index in [4.69, 9.17) is 0 Å². The SMILES string of the molecule is O=C(Cc1cccc(C(F)(F)F)c1)NNC(=O)c1ccccc1O. The van der Waals surface area contributed by atoms with Crippen LogP contribution < -0.4 is 10.9 Å². The molecule has 5 nitrogen and oxygen atoms in total. The molecular weight excluding hydrogens is 325 g/mol. The molecule has 0 aromatic heterocycles. The van der Waals surface area contributed by atoms with Gasteiger partial charge >= 0.3 is 6.18 Å². The van der Waals surface area contributed by atoms with Crippen LogP contribution in [0.2, 0.25) is 0 Å². The molecular formula is C16H13F3N2O3. The number of halogens is 3. The number of alkyl halides is 3. The highest BCUT2D eigenvalue weighted by atomic mass is 19.4. The second-order valence-electron chi connectivity index (χ2n) is 4.89. The van der Waals surface area contributed by atoms with Gasteiger partial charge in [0.15, 0.2) is 0 Å². The van der Waals surface area contributed by atoms with Crippen molar-refractivity contribution >= 4 is 11.8 Å². The summed E-state index contributed by atoms with van der Waals surface area (Å²) in [6.07, 6.45) is -4.84. The third-order valence-corrected chi connectivity index (χ3v) is 3.08. The Balaban J connectivity index is 1.95. The average molecular weight is 338 g/mol. The Morgan fingerprint density at radius 3 is 2.38 bits per heavy atom. The predicted molar refractivity (Wildman–Crippen MR) is 78.9 cm³/mol. The molecule has 0 aliphatic heterocycles. The Labute approximate surface area is 135 Å². The standard InChI is InChI=1S/C16H13F3N2O3/c17-16(18,19)11-5-3-4-10(8-11)9-14(23)20-21-15(24)12-6-1-2-7-13(12)22/h1-8,22H,9H2,(H,20,23)(H,21,24). The molecule has 0 saturated carbocycles. The highest BCUT2D eigenvalue weighted by molar-refractivity contribution is 5.97. The third-order valence-electron chi connectivity index (χ3n) is 3.08. The summed E-state index contributed by atoms with van der Waals surface area (Å²) in [5.41, 5.74) is 3.42. The molecule has 0 radical (unpaired) electrons. The summed E-state index contributed by atoms with van der Waals surface area (Å²) in [6, 6.07) is 10.1. The van der Waals surface area contributed by atoms with Gasteiger partial charge in [-0.25, -0.2) is 0 Å². The zero-order valence-corrected chi connectivity index (χ0v) is 12.2. The Kier molecular flexibility index (Phi) is 5.08. The van der Waals surface area contributed by atoms with Crippen molar-refractivity contribution in [3.63, 3.8) is 0 Å². The van der Waals surface area contributed by atoms with E-state index in [0.29, 0.717) is 0 Å². The first-order valence-corrected chi connectivity index (χ1v) is 6.80. The van der Waals surface area contributed by atoms with Crippen LogP contribution in [0.15, 0.2) is 48.5 Å². The number of para-hydroxylation sites is 1. The minimum Gasteiger partial charge on any atom is -0.507 e. The fraction of sp³-hybridized carbons (Fsp3) is 0.125. The summed E-state index contributed by atoms with van der Waals surface area (Å²) >= 11 is 0. The van der Waals surface area contributed by atoms with E-state index in [2.05, 4.69) is 10.9 Å². The van der Waals surface area contributed by atoms with E-state index in [-0.39, 0.29) is 23.3 Å². The fourth-order valence-corrected chi connectivity index (χ4v) is 1.95. The summed E-state index contributed by atoms with van der Waals surface area (Å²) in [6.45, 7) is 0. The topological polar surface area (TPSA) is 78.4 Å². The molecule has 2 aromatic rings. The molecule has 0 aliphatic rings. The number of carbonyl (C=O) groups is 2.